The number of aromatic carboxylic acids is 1. The minimum absolute atomic E-state index is 0.0248. The van der Waals surface area contributed by atoms with Crippen LogP contribution in [0.25, 0.3) is 0 Å². The lowest BCUT2D eigenvalue weighted by Crippen LogP contribution is -2.24. The van der Waals surface area contributed by atoms with Crippen LogP contribution in [0, 0.1) is 13.8 Å². The Labute approximate surface area is 111 Å². The zero-order chi connectivity index (χ0) is 14.2. The first-order valence-electron chi connectivity index (χ1n) is 5.95. The highest BCUT2D eigenvalue weighted by Gasteiger charge is 2.34. The van der Waals surface area contributed by atoms with Crippen LogP contribution in [0.2, 0.25) is 0 Å². The molecule has 2 N–H and O–H groups in total. The fourth-order valence-electron chi connectivity index (χ4n) is 2.03. The van der Waals surface area contributed by atoms with Crippen molar-refractivity contribution in [3.63, 3.8) is 0 Å². The number of carboxylic acids is 1. The van der Waals surface area contributed by atoms with Gasteiger partial charge in [0.25, 0.3) is 0 Å². The summed E-state index contributed by atoms with van der Waals surface area (Å²) in [7, 11) is 0. The molecule has 2 rings (SSSR count). The van der Waals surface area contributed by atoms with Crippen molar-refractivity contribution >= 4 is 5.97 Å². The van der Waals surface area contributed by atoms with Gasteiger partial charge in [0.15, 0.2) is 5.76 Å². The van der Waals surface area contributed by atoms with Gasteiger partial charge in [-0.3, -0.25) is 0 Å². The summed E-state index contributed by atoms with van der Waals surface area (Å²) in [6.45, 7) is 5.45. The van der Waals surface area contributed by atoms with E-state index >= 15 is 0 Å². The molecule has 0 bridgehead atoms. The van der Waals surface area contributed by atoms with Gasteiger partial charge in [-0.2, -0.15) is 0 Å². The van der Waals surface area contributed by atoms with Crippen LogP contribution in [0.3, 0.4) is 0 Å². The molecular formula is C15H16O4. The summed E-state index contributed by atoms with van der Waals surface area (Å²) in [5.41, 5.74) is 1.24. The molecule has 0 aliphatic carbocycles. The average Bonchev–Trinajstić information content (AvgIpc) is 2.82. The zero-order valence-corrected chi connectivity index (χ0v) is 11.1. The van der Waals surface area contributed by atoms with E-state index in [1.165, 1.54) is 19.3 Å². The molecule has 0 fully saturated rings. The highest BCUT2D eigenvalue weighted by Crippen LogP contribution is 2.33. The topological polar surface area (TPSA) is 70.7 Å². The average molecular weight is 260 g/mol. The summed E-state index contributed by atoms with van der Waals surface area (Å²) in [6, 6.07) is 6.84. The molecule has 2 aromatic rings. The minimum Gasteiger partial charge on any atom is -0.478 e. The summed E-state index contributed by atoms with van der Waals surface area (Å²) in [4.78, 5) is 11.1. The normalized spacial score (nSPS) is 14.1. The van der Waals surface area contributed by atoms with Crippen LogP contribution in [-0.4, -0.2) is 16.2 Å². The molecule has 4 nitrogen and oxygen atoms in total. The summed E-state index contributed by atoms with van der Waals surface area (Å²) >= 11 is 0. The second kappa shape index (κ2) is 4.55. The predicted molar refractivity (Wildman–Crippen MR) is 70.3 cm³/mol. The number of rotatable bonds is 3. The molecule has 0 saturated carbocycles. The largest absolute Gasteiger partial charge is 0.478 e. The van der Waals surface area contributed by atoms with Gasteiger partial charge < -0.3 is 14.6 Å². The molecule has 0 saturated heterocycles. The first kappa shape index (κ1) is 13.4. The number of aryl methyl sites for hydroxylation is 2. The van der Waals surface area contributed by atoms with Gasteiger partial charge in [0.05, 0.1) is 6.26 Å². The second-order valence-corrected chi connectivity index (χ2v) is 4.84. The van der Waals surface area contributed by atoms with Crippen molar-refractivity contribution < 1.29 is 19.4 Å². The van der Waals surface area contributed by atoms with Crippen LogP contribution in [0.5, 0.6) is 0 Å². The van der Waals surface area contributed by atoms with Gasteiger partial charge in [-0.25, -0.2) is 4.79 Å². The monoisotopic (exact) mass is 260 g/mol. The molecule has 1 unspecified atom stereocenters. The Morgan fingerprint density at radius 2 is 1.89 bits per heavy atom. The molecule has 1 atom stereocenters. The van der Waals surface area contributed by atoms with Crippen molar-refractivity contribution in [2.45, 2.75) is 26.4 Å². The third-order valence-electron chi connectivity index (χ3n) is 3.41. The lowest BCUT2D eigenvalue weighted by atomic mass is 9.89. The molecule has 0 amide bonds. The highest BCUT2D eigenvalue weighted by molar-refractivity contribution is 5.89. The number of benzene rings is 1. The Morgan fingerprint density at radius 1 is 1.21 bits per heavy atom. The summed E-state index contributed by atoms with van der Waals surface area (Å²) < 4.78 is 5.18. The van der Waals surface area contributed by atoms with E-state index in [4.69, 9.17) is 9.52 Å². The maximum absolute atomic E-state index is 11.1. The standard InChI is InChI=1S/C15H16O4/c1-9-4-5-11(8-10(9)2)15(3,18)13-12(14(16)17)6-7-19-13/h4-8,18H,1-3H3,(H,16,17). The molecule has 0 aliphatic heterocycles. The molecule has 0 spiro atoms. The van der Waals surface area contributed by atoms with Crippen LogP contribution in [0.15, 0.2) is 34.9 Å². The van der Waals surface area contributed by atoms with E-state index in [0.29, 0.717) is 5.56 Å². The second-order valence-electron chi connectivity index (χ2n) is 4.84. The molecule has 0 aliphatic rings. The maximum Gasteiger partial charge on any atom is 0.339 e. The third kappa shape index (κ3) is 2.27. The van der Waals surface area contributed by atoms with E-state index in [1.807, 2.05) is 26.0 Å². The number of hydrogen-bond acceptors (Lipinski definition) is 3. The van der Waals surface area contributed by atoms with Gasteiger partial charge >= 0.3 is 5.97 Å². The molecule has 1 aromatic carbocycles. The number of carboxylic acid groups (broad SMARTS) is 1. The van der Waals surface area contributed by atoms with Crippen molar-refractivity contribution in [3.05, 3.63) is 58.5 Å². The van der Waals surface area contributed by atoms with E-state index in [0.717, 1.165) is 11.1 Å². The summed E-state index contributed by atoms with van der Waals surface area (Å²) in [5.74, 6) is -1.07. The SMILES string of the molecule is Cc1ccc(C(C)(O)c2occc2C(=O)O)cc1C. The Morgan fingerprint density at radius 3 is 2.47 bits per heavy atom. The molecule has 100 valence electrons. The number of hydrogen-bond donors (Lipinski definition) is 2. The Kier molecular flexibility index (Phi) is 3.20. The van der Waals surface area contributed by atoms with Gasteiger partial charge in [0, 0.05) is 0 Å². The Balaban J connectivity index is 2.54. The number of carbonyl (C=O) groups is 1. The van der Waals surface area contributed by atoms with Gasteiger partial charge in [-0.15, -0.1) is 0 Å². The Hall–Kier alpha value is -2.07. The van der Waals surface area contributed by atoms with Gasteiger partial charge in [0.2, 0.25) is 0 Å². The fraction of sp³-hybridized carbons (Fsp3) is 0.267. The molecule has 4 heteroatoms. The molecule has 1 heterocycles. The van der Waals surface area contributed by atoms with Crippen LogP contribution in [-0.2, 0) is 5.60 Å². The van der Waals surface area contributed by atoms with Gasteiger partial charge in [-0.05, 0) is 43.5 Å². The smallest absolute Gasteiger partial charge is 0.339 e. The third-order valence-corrected chi connectivity index (χ3v) is 3.41. The van der Waals surface area contributed by atoms with E-state index in [9.17, 15) is 9.90 Å². The van der Waals surface area contributed by atoms with Crippen LogP contribution >= 0.6 is 0 Å². The van der Waals surface area contributed by atoms with Crippen LogP contribution < -0.4 is 0 Å². The molecular weight excluding hydrogens is 244 g/mol. The van der Waals surface area contributed by atoms with Crippen molar-refractivity contribution in [2.75, 3.05) is 0 Å². The first-order chi connectivity index (χ1) is 8.84. The summed E-state index contributed by atoms with van der Waals surface area (Å²) in [6.07, 6.45) is 1.27. The van der Waals surface area contributed by atoms with Crippen molar-refractivity contribution in [1.82, 2.24) is 0 Å². The lowest BCUT2D eigenvalue weighted by molar-refractivity contribution is 0.0615. The van der Waals surface area contributed by atoms with E-state index in [-0.39, 0.29) is 11.3 Å². The van der Waals surface area contributed by atoms with Crippen molar-refractivity contribution in [3.8, 4) is 0 Å². The number of furan rings is 1. The van der Waals surface area contributed by atoms with E-state index in [1.54, 1.807) is 6.07 Å². The van der Waals surface area contributed by atoms with Crippen LogP contribution in [0.1, 0.15) is 39.7 Å². The highest BCUT2D eigenvalue weighted by atomic mass is 16.4. The molecule has 0 radical (unpaired) electrons. The van der Waals surface area contributed by atoms with Gasteiger partial charge in [-0.1, -0.05) is 18.2 Å². The van der Waals surface area contributed by atoms with Crippen LogP contribution in [0.4, 0.5) is 0 Å². The van der Waals surface area contributed by atoms with E-state index in [2.05, 4.69) is 0 Å². The lowest BCUT2D eigenvalue weighted by Gasteiger charge is -2.23. The van der Waals surface area contributed by atoms with Crippen molar-refractivity contribution in [2.24, 2.45) is 0 Å². The van der Waals surface area contributed by atoms with Gasteiger partial charge in [0.1, 0.15) is 11.2 Å². The first-order valence-corrected chi connectivity index (χ1v) is 5.95. The summed E-state index contributed by atoms with van der Waals surface area (Å²) in [5, 5.41) is 19.7. The fourth-order valence-corrected chi connectivity index (χ4v) is 2.03. The quantitative estimate of drug-likeness (QED) is 0.890. The molecule has 19 heavy (non-hydrogen) atoms. The number of aliphatic hydroxyl groups is 1. The zero-order valence-electron chi connectivity index (χ0n) is 11.1. The Bertz CT molecular complexity index is 623. The van der Waals surface area contributed by atoms with E-state index < -0.39 is 11.6 Å². The minimum atomic E-state index is -1.48. The predicted octanol–water partition coefficient (Wildman–Crippen LogP) is 2.85. The molecule has 1 aromatic heterocycles. The van der Waals surface area contributed by atoms with Crippen molar-refractivity contribution in [1.29, 1.82) is 0 Å². The maximum atomic E-state index is 11.1.